The first-order chi connectivity index (χ1) is 11.2. The van der Waals surface area contributed by atoms with E-state index in [1.54, 1.807) is 6.07 Å². The van der Waals surface area contributed by atoms with Gasteiger partial charge in [-0.25, -0.2) is 9.38 Å². The van der Waals surface area contributed by atoms with Gasteiger partial charge in [-0.2, -0.15) is 0 Å². The number of hydrogen-bond donors (Lipinski definition) is 2. The zero-order valence-electron chi connectivity index (χ0n) is 13.9. The van der Waals surface area contributed by atoms with Crippen LogP contribution in [0.4, 0.5) is 4.39 Å². The molecule has 1 aliphatic rings. The zero-order chi connectivity index (χ0) is 16.5. The fourth-order valence-corrected chi connectivity index (χ4v) is 2.44. The molecule has 1 aromatic rings. The van der Waals surface area contributed by atoms with Crippen LogP contribution in [0.5, 0.6) is 5.75 Å². The summed E-state index contributed by atoms with van der Waals surface area (Å²) in [5.74, 6) is 0.651. The van der Waals surface area contributed by atoms with Crippen molar-refractivity contribution >= 4 is 5.96 Å². The van der Waals surface area contributed by atoms with Gasteiger partial charge in [0.25, 0.3) is 0 Å². The topological polar surface area (TPSA) is 54.9 Å². The minimum atomic E-state index is -0.350. The highest BCUT2D eigenvalue weighted by Gasteiger charge is 2.15. The van der Waals surface area contributed by atoms with Crippen LogP contribution in [0.15, 0.2) is 23.2 Å². The minimum absolute atomic E-state index is 0.252. The number of ether oxygens (including phenoxy) is 2. The summed E-state index contributed by atoms with van der Waals surface area (Å²) in [6, 6.07) is 4.95. The standard InChI is InChI=1S/C17H26FN3O2/c1-3-19-17(21-12-14-6-5-9-23-14)20-11-13-7-8-16(22-4-2)15(18)10-13/h7-8,10,14H,3-6,9,11-12H2,1-2H3,(H2,19,20,21). The second-order valence-electron chi connectivity index (χ2n) is 5.41. The smallest absolute Gasteiger partial charge is 0.191 e. The summed E-state index contributed by atoms with van der Waals surface area (Å²) in [6.45, 7) is 7.06. The first-order valence-electron chi connectivity index (χ1n) is 8.28. The maximum Gasteiger partial charge on any atom is 0.191 e. The Balaban J connectivity index is 1.91. The molecule has 23 heavy (non-hydrogen) atoms. The van der Waals surface area contributed by atoms with Gasteiger partial charge in [-0.15, -0.1) is 0 Å². The predicted molar refractivity (Wildman–Crippen MR) is 89.4 cm³/mol. The van der Waals surface area contributed by atoms with E-state index in [0.717, 1.165) is 44.1 Å². The van der Waals surface area contributed by atoms with Crippen LogP contribution in [-0.4, -0.2) is 38.4 Å². The number of nitrogens with one attached hydrogen (secondary N) is 2. The van der Waals surface area contributed by atoms with Crippen LogP contribution < -0.4 is 15.4 Å². The van der Waals surface area contributed by atoms with Crippen LogP contribution in [0.3, 0.4) is 0 Å². The molecule has 0 saturated carbocycles. The van der Waals surface area contributed by atoms with E-state index in [9.17, 15) is 4.39 Å². The molecule has 1 saturated heterocycles. The van der Waals surface area contributed by atoms with Crippen molar-refractivity contribution in [1.82, 2.24) is 10.6 Å². The van der Waals surface area contributed by atoms with Gasteiger partial charge in [-0.1, -0.05) is 6.07 Å². The fraction of sp³-hybridized carbons (Fsp3) is 0.588. The summed E-state index contributed by atoms with van der Waals surface area (Å²) in [6.07, 6.45) is 2.45. The molecule has 0 aromatic heterocycles. The molecule has 0 radical (unpaired) electrons. The summed E-state index contributed by atoms with van der Waals surface area (Å²) >= 11 is 0. The number of hydrogen-bond acceptors (Lipinski definition) is 3. The van der Waals surface area contributed by atoms with Gasteiger partial charge in [0, 0.05) is 19.7 Å². The second-order valence-corrected chi connectivity index (χ2v) is 5.41. The van der Waals surface area contributed by atoms with Gasteiger partial charge in [0.2, 0.25) is 0 Å². The average Bonchev–Trinajstić information content (AvgIpc) is 3.06. The van der Waals surface area contributed by atoms with Gasteiger partial charge < -0.3 is 20.1 Å². The molecule has 6 heteroatoms. The van der Waals surface area contributed by atoms with Crippen molar-refractivity contribution < 1.29 is 13.9 Å². The number of aliphatic imine (C=N–C) groups is 1. The van der Waals surface area contributed by atoms with Crippen molar-refractivity contribution in [3.05, 3.63) is 29.6 Å². The van der Waals surface area contributed by atoms with E-state index in [1.807, 2.05) is 19.9 Å². The predicted octanol–water partition coefficient (Wildman–Crippen LogP) is 2.46. The quantitative estimate of drug-likeness (QED) is 0.598. The Hall–Kier alpha value is -1.82. The largest absolute Gasteiger partial charge is 0.491 e. The Labute approximate surface area is 137 Å². The van der Waals surface area contributed by atoms with Gasteiger partial charge in [0.15, 0.2) is 17.5 Å². The van der Waals surface area contributed by atoms with E-state index < -0.39 is 0 Å². The monoisotopic (exact) mass is 323 g/mol. The van der Waals surface area contributed by atoms with Gasteiger partial charge in [0.1, 0.15) is 0 Å². The summed E-state index contributed by atoms with van der Waals surface area (Å²) in [5, 5.41) is 6.46. The zero-order valence-corrected chi connectivity index (χ0v) is 13.9. The average molecular weight is 323 g/mol. The molecule has 0 amide bonds. The molecular formula is C17H26FN3O2. The molecule has 5 nitrogen and oxygen atoms in total. The first kappa shape index (κ1) is 17.5. The molecule has 1 heterocycles. The van der Waals surface area contributed by atoms with Crippen LogP contribution in [0.25, 0.3) is 0 Å². The maximum atomic E-state index is 13.8. The summed E-state index contributed by atoms with van der Waals surface area (Å²) < 4.78 is 24.6. The van der Waals surface area contributed by atoms with E-state index >= 15 is 0 Å². The summed E-state index contributed by atoms with van der Waals surface area (Å²) in [7, 11) is 0. The number of guanidine groups is 1. The lowest BCUT2D eigenvalue weighted by Gasteiger charge is -2.14. The molecule has 1 fully saturated rings. The highest BCUT2D eigenvalue weighted by Crippen LogP contribution is 2.18. The van der Waals surface area contributed by atoms with Crippen LogP contribution in [0.2, 0.25) is 0 Å². The van der Waals surface area contributed by atoms with Crippen LogP contribution in [0.1, 0.15) is 32.3 Å². The van der Waals surface area contributed by atoms with Crippen LogP contribution in [0, 0.1) is 5.82 Å². The molecular weight excluding hydrogens is 297 g/mol. The summed E-state index contributed by atoms with van der Waals surface area (Å²) in [4.78, 5) is 4.49. The van der Waals surface area contributed by atoms with Gasteiger partial charge in [-0.05, 0) is 44.4 Å². The minimum Gasteiger partial charge on any atom is -0.491 e. The molecule has 0 bridgehead atoms. The van der Waals surface area contributed by atoms with E-state index in [2.05, 4.69) is 15.6 Å². The maximum absolute atomic E-state index is 13.8. The Kier molecular flexibility index (Phi) is 7.13. The molecule has 1 unspecified atom stereocenters. The molecule has 0 aliphatic carbocycles. The van der Waals surface area contributed by atoms with Crippen molar-refractivity contribution in [3.63, 3.8) is 0 Å². The fourth-order valence-electron chi connectivity index (χ4n) is 2.44. The Morgan fingerprint density at radius 2 is 2.26 bits per heavy atom. The molecule has 128 valence electrons. The molecule has 1 atom stereocenters. The Morgan fingerprint density at radius 3 is 2.91 bits per heavy atom. The lowest BCUT2D eigenvalue weighted by molar-refractivity contribution is 0.114. The Bertz CT molecular complexity index is 517. The number of rotatable bonds is 7. The van der Waals surface area contributed by atoms with Gasteiger partial charge >= 0.3 is 0 Å². The first-order valence-corrected chi connectivity index (χ1v) is 8.28. The van der Waals surface area contributed by atoms with Crippen molar-refractivity contribution in [2.45, 2.75) is 39.3 Å². The van der Waals surface area contributed by atoms with Crippen molar-refractivity contribution in [1.29, 1.82) is 0 Å². The molecule has 2 N–H and O–H groups in total. The van der Waals surface area contributed by atoms with Crippen LogP contribution in [-0.2, 0) is 11.3 Å². The van der Waals surface area contributed by atoms with Crippen molar-refractivity contribution in [2.75, 3.05) is 26.3 Å². The van der Waals surface area contributed by atoms with Crippen molar-refractivity contribution in [2.24, 2.45) is 4.99 Å². The number of benzene rings is 1. The molecule has 1 aliphatic heterocycles. The van der Waals surface area contributed by atoms with Gasteiger partial charge in [0.05, 0.1) is 19.3 Å². The number of nitrogens with zero attached hydrogens (tertiary/aromatic N) is 1. The van der Waals surface area contributed by atoms with Crippen molar-refractivity contribution in [3.8, 4) is 5.75 Å². The van der Waals surface area contributed by atoms with Gasteiger partial charge in [-0.3, -0.25) is 0 Å². The normalized spacial score (nSPS) is 18.0. The third-order valence-electron chi connectivity index (χ3n) is 3.58. The highest BCUT2D eigenvalue weighted by atomic mass is 19.1. The lowest BCUT2D eigenvalue weighted by Crippen LogP contribution is -2.41. The lowest BCUT2D eigenvalue weighted by atomic mass is 10.2. The SMILES string of the molecule is CCNC(=NCc1ccc(OCC)c(F)c1)NCC1CCCO1. The van der Waals surface area contributed by atoms with E-state index in [0.29, 0.717) is 13.2 Å². The number of halogens is 1. The third-order valence-corrected chi connectivity index (χ3v) is 3.58. The molecule has 1 aromatic carbocycles. The summed E-state index contributed by atoms with van der Waals surface area (Å²) in [5.41, 5.74) is 0.806. The van der Waals surface area contributed by atoms with E-state index in [4.69, 9.17) is 9.47 Å². The second kappa shape index (κ2) is 9.35. The van der Waals surface area contributed by atoms with E-state index in [-0.39, 0.29) is 17.7 Å². The van der Waals surface area contributed by atoms with Crippen LogP contribution >= 0.6 is 0 Å². The Morgan fingerprint density at radius 1 is 1.39 bits per heavy atom. The molecule has 2 rings (SSSR count). The van der Waals surface area contributed by atoms with E-state index in [1.165, 1.54) is 6.07 Å². The third kappa shape index (κ3) is 5.71. The highest BCUT2D eigenvalue weighted by molar-refractivity contribution is 5.79. The molecule has 0 spiro atoms.